The van der Waals surface area contributed by atoms with Crippen molar-refractivity contribution in [3.8, 4) is 5.75 Å². The van der Waals surface area contributed by atoms with Gasteiger partial charge in [0.15, 0.2) is 0 Å². The molecule has 0 bridgehead atoms. The molecule has 2 unspecified atom stereocenters. The number of nitrogens with one attached hydrogen (secondary N) is 1. The van der Waals surface area contributed by atoms with Crippen molar-refractivity contribution in [1.82, 2.24) is 5.32 Å². The molecule has 1 aromatic carbocycles. The first-order chi connectivity index (χ1) is 9.60. The van der Waals surface area contributed by atoms with Gasteiger partial charge in [-0.15, -0.1) is 0 Å². The van der Waals surface area contributed by atoms with Crippen molar-refractivity contribution in [3.63, 3.8) is 0 Å². The molecule has 0 radical (unpaired) electrons. The van der Waals surface area contributed by atoms with Crippen LogP contribution in [0.1, 0.15) is 18.9 Å². The summed E-state index contributed by atoms with van der Waals surface area (Å²) in [6.45, 7) is 2.30. The first-order valence-corrected chi connectivity index (χ1v) is 6.74. The van der Waals surface area contributed by atoms with Crippen LogP contribution in [0.2, 0.25) is 0 Å². The summed E-state index contributed by atoms with van der Waals surface area (Å²) in [5.41, 5.74) is 6.58. The third-order valence-corrected chi connectivity index (χ3v) is 3.14. The maximum absolute atomic E-state index is 11.8. The number of ether oxygens (including phenoxy) is 2. The Balaban J connectivity index is 2.50. The summed E-state index contributed by atoms with van der Waals surface area (Å²) < 4.78 is 10.4. The van der Waals surface area contributed by atoms with Gasteiger partial charge in [-0.05, 0) is 25.0 Å². The zero-order valence-electron chi connectivity index (χ0n) is 12.4. The van der Waals surface area contributed by atoms with Crippen LogP contribution >= 0.6 is 0 Å². The van der Waals surface area contributed by atoms with E-state index < -0.39 is 0 Å². The number of benzene rings is 1. The van der Waals surface area contributed by atoms with Gasteiger partial charge in [-0.1, -0.05) is 18.2 Å². The molecule has 0 spiro atoms. The van der Waals surface area contributed by atoms with Gasteiger partial charge in [0.25, 0.3) is 0 Å². The molecule has 3 N–H and O–H groups in total. The zero-order valence-corrected chi connectivity index (χ0v) is 12.4. The monoisotopic (exact) mass is 280 g/mol. The lowest BCUT2D eigenvalue weighted by Crippen LogP contribution is -2.38. The summed E-state index contributed by atoms with van der Waals surface area (Å²) in [5, 5.41) is 2.95. The van der Waals surface area contributed by atoms with E-state index in [4.69, 9.17) is 15.2 Å². The van der Waals surface area contributed by atoms with Crippen LogP contribution in [0.5, 0.6) is 5.75 Å². The number of hydrogen-bond donors (Lipinski definition) is 2. The fraction of sp³-hybridized carbons (Fsp3) is 0.533. The van der Waals surface area contributed by atoms with E-state index in [2.05, 4.69) is 5.32 Å². The smallest absolute Gasteiger partial charge is 0.222 e. The van der Waals surface area contributed by atoms with Gasteiger partial charge >= 0.3 is 0 Å². The van der Waals surface area contributed by atoms with E-state index >= 15 is 0 Å². The van der Waals surface area contributed by atoms with Crippen LogP contribution in [-0.2, 0) is 16.0 Å². The van der Waals surface area contributed by atoms with E-state index in [1.54, 1.807) is 14.2 Å². The number of methoxy groups -OCH3 is 2. The van der Waals surface area contributed by atoms with Gasteiger partial charge < -0.3 is 20.5 Å². The van der Waals surface area contributed by atoms with Crippen molar-refractivity contribution < 1.29 is 14.3 Å². The van der Waals surface area contributed by atoms with Crippen molar-refractivity contribution in [2.75, 3.05) is 20.8 Å². The van der Waals surface area contributed by atoms with E-state index in [1.807, 2.05) is 31.2 Å². The van der Waals surface area contributed by atoms with Crippen LogP contribution in [0.3, 0.4) is 0 Å². The highest BCUT2D eigenvalue weighted by Gasteiger charge is 2.14. The van der Waals surface area contributed by atoms with Crippen molar-refractivity contribution in [2.45, 2.75) is 31.9 Å². The number of carbonyl (C=O) groups is 1. The minimum atomic E-state index is -0.228. The summed E-state index contributed by atoms with van der Waals surface area (Å²) >= 11 is 0. The molecule has 0 saturated carbocycles. The first-order valence-electron chi connectivity index (χ1n) is 6.74. The van der Waals surface area contributed by atoms with Crippen molar-refractivity contribution in [2.24, 2.45) is 5.73 Å². The zero-order chi connectivity index (χ0) is 15.0. The highest BCUT2D eigenvalue weighted by atomic mass is 16.5. The van der Waals surface area contributed by atoms with Gasteiger partial charge in [-0.3, -0.25) is 4.79 Å². The minimum Gasteiger partial charge on any atom is -0.496 e. The first kappa shape index (κ1) is 16.5. The molecule has 0 saturated heterocycles. The molecule has 0 aliphatic rings. The van der Waals surface area contributed by atoms with Gasteiger partial charge in [-0.2, -0.15) is 0 Å². The number of rotatable bonds is 8. The number of hydrogen-bond acceptors (Lipinski definition) is 4. The standard InChI is InChI=1S/C15H24N2O3/c1-11(17-15(18)9-13(10-16)19-2)8-12-6-4-5-7-14(12)20-3/h4-7,11,13H,8-10,16H2,1-3H3,(H,17,18). The Bertz CT molecular complexity index is 419. The third-order valence-electron chi connectivity index (χ3n) is 3.14. The highest BCUT2D eigenvalue weighted by Crippen LogP contribution is 2.18. The van der Waals surface area contributed by atoms with Gasteiger partial charge in [0.05, 0.1) is 19.6 Å². The Morgan fingerprint density at radius 3 is 2.65 bits per heavy atom. The molecule has 2 atom stereocenters. The van der Waals surface area contributed by atoms with E-state index in [1.165, 1.54) is 0 Å². The van der Waals surface area contributed by atoms with Gasteiger partial charge in [0.1, 0.15) is 5.75 Å². The molecule has 5 heteroatoms. The molecule has 0 fully saturated rings. The molecular formula is C15H24N2O3. The average Bonchev–Trinajstić information content (AvgIpc) is 2.45. The summed E-state index contributed by atoms with van der Waals surface area (Å²) in [6, 6.07) is 7.82. The fourth-order valence-corrected chi connectivity index (χ4v) is 2.06. The van der Waals surface area contributed by atoms with E-state index in [0.717, 1.165) is 17.7 Å². The van der Waals surface area contributed by atoms with E-state index in [0.29, 0.717) is 6.54 Å². The normalized spacial score (nSPS) is 13.6. The second-order valence-corrected chi connectivity index (χ2v) is 4.78. The van der Waals surface area contributed by atoms with Crippen LogP contribution in [0.25, 0.3) is 0 Å². The largest absolute Gasteiger partial charge is 0.496 e. The van der Waals surface area contributed by atoms with Crippen LogP contribution < -0.4 is 15.8 Å². The summed E-state index contributed by atoms with van der Waals surface area (Å²) in [7, 11) is 3.20. The van der Waals surface area contributed by atoms with E-state index in [-0.39, 0.29) is 24.5 Å². The predicted octanol–water partition coefficient (Wildman–Crippen LogP) is 1.11. The summed E-state index contributed by atoms with van der Waals surface area (Å²) in [4.78, 5) is 11.8. The molecule has 0 aliphatic heterocycles. The Hall–Kier alpha value is -1.59. The summed E-state index contributed by atoms with van der Waals surface area (Å²) in [6.07, 6.45) is 0.771. The second kappa shape index (κ2) is 8.55. The lowest BCUT2D eigenvalue weighted by Gasteiger charge is -2.18. The Kier molecular flexibility index (Phi) is 7.04. The third kappa shape index (κ3) is 5.19. The van der Waals surface area contributed by atoms with Crippen LogP contribution in [0.4, 0.5) is 0 Å². The maximum Gasteiger partial charge on any atom is 0.222 e. The minimum absolute atomic E-state index is 0.0223. The van der Waals surface area contributed by atoms with Crippen LogP contribution in [-0.4, -0.2) is 38.8 Å². The maximum atomic E-state index is 11.8. The van der Waals surface area contributed by atoms with Crippen LogP contribution in [0.15, 0.2) is 24.3 Å². The fourth-order valence-electron chi connectivity index (χ4n) is 2.06. The summed E-state index contributed by atoms with van der Waals surface area (Å²) in [5.74, 6) is 0.787. The van der Waals surface area contributed by atoms with Crippen molar-refractivity contribution in [1.29, 1.82) is 0 Å². The highest BCUT2D eigenvalue weighted by molar-refractivity contribution is 5.76. The lowest BCUT2D eigenvalue weighted by atomic mass is 10.1. The number of nitrogens with two attached hydrogens (primary N) is 1. The Morgan fingerprint density at radius 2 is 2.05 bits per heavy atom. The number of amides is 1. The molecule has 5 nitrogen and oxygen atoms in total. The van der Waals surface area contributed by atoms with E-state index in [9.17, 15) is 4.79 Å². The second-order valence-electron chi connectivity index (χ2n) is 4.78. The number of para-hydroxylation sites is 1. The topological polar surface area (TPSA) is 73.6 Å². The van der Waals surface area contributed by atoms with Crippen LogP contribution in [0, 0.1) is 0 Å². The Labute approximate surface area is 120 Å². The molecular weight excluding hydrogens is 256 g/mol. The molecule has 0 heterocycles. The molecule has 20 heavy (non-hydrogen) atoms. The predicted molar refractivity (Wildman–Crippen MR) is 78.8 cm³/mol. The van der Waals surface area contributed by atoms with Crippen molar-refractivity contribution >= 4 is 5.91 Å². The molecule has 1 amide bonds. The van der Waals surface area contributed by atoms with Gasteiger partial charge in [0, 0.05) is 19.7 Å². The molecule has 0 aliphatic carbocycles. The molecule has 1 rings (SSSR count). The number of carbonyl (C=O) groups excluding carboxylic acids is 1. The lowest BCUT2D eigenvalue weighted by molar-refractivity contribution is -0.123. The van der Waals surface area contributed by atoms with Gasteiger partial charge in [-0.25, -0.2) is 0 Å². The SMILES string of the molecule is COc1ccccc1CC(C)NC(=O)CC(CN)OC. The molecule has 0 aromatic heterocycles. The molecule has 112 valence electrons. The molecule has 1 aromatic rings. The quantitative estimate of drug-likeness (QED) is 0.748. The average molecular weight is 280 g/mol. The van der Waals surface area contributed by atoms with Crippen molar-refractivity contribution in [3.05, 3.63) is 29.8 Å². The van der Waals surface area contributed by atoms with Gasteiger partial charge in [0.2, 0.25) is 5.91 Å². The Morgan fingerprint density at radius 1 is 1.35 bits per heavy atom.